The highest BCUT2D eigenvalue weighted by Gasteiger charge is 2.41. The minimum atomic E-state index is 0.462. The molecule has 1 fully saturated rings. The van der Waals surface area contributed by atoms with Gasteiger partial charge in [0.1, 0.15) is 0 Å². The van der Waals surface area contributed by atoms with Crippen LogP contribution < -0.4 is 5.32 Å². The third kappa shape index (κ3) is 4.95. The molecular formula is C16H34N2S. The largest absolute Gasteiger partial charge is 0.313 e. The Morgan fingerprint density at radius 1 is 1.42 bits per heavy atom. The van der Waals surface area contributed by atoms with Crippen LogP contribution in [0.25, 0.3) is 0 Å². The zero-order valence-electron chi connectivity index (χ0n) is 13.8. The second-order valence-electron chi connectivity index (χ2n) is 6.96. The van der Waals surface area contributed by atoms with Crippen molar-refractivity contribution in [3.05, 3.63) is 0 Å². The quantitative estimate of drug-likeness (QED) is 0.735. The summed E-state index contributed by atoms with van der Waals surface area (Å²) in [4.78, 5) is 2.56. The fourth-order valence-corrected chi connectivity index (χ4v) is 4.11. The summed E-state index contributed by atoms with van der Waals surface area (Å²) >= 11 is 1.95. The SMILES string of the molecule is CCCNC1C(CN(C)C(C)CSC)CCC1(C)C. The molecule has 114 valence electrons. The summed E-state index contributed by atoms with van der Waals surface area (Å²) in [5.74, 6) is 2.05. The van der Waals surface area contributed by atoms with Crippen LogP contribution in [0.15, 0.2) is 0 Å². The number of nitrogens with one attached hydrogen (secondary N) is 1. The second-order valence-corrected chi connectivity index (χ2v) is 7.87. The highest BCUT2D eigenvalue weighted by Crippen LogP contribution is 2.41. The fraction of sp³-hybridized carbons (Fsp3) is 1.00. The summed E-state index contributed by atoms with van der Waals surface area (Å²) < 4.78 is 0. The molecule has 0 spiro atoms. The maximum atomic E-state index is 3.82. The maximum absolute atomic E-state index is 3.82. The minimum Gasteiger partial charge on any atom is -0.313 e. The molecule has 1 saturated carbocycles. The molecule has 0 aromatic carbocycles. The lowest BCUT2D eigenvalue weighted by molar-refractivity contribution is 0.184. The van der Waals surface area contributed by atoms with Gasteiger partial charge in [0.05, 0.1) is 0 Å². The monoisotopic (exact) mass is 286 g/mol. The van der Waals surface area contributed by atoms with E-state index >= 15 is 0 Å². The number of rotatable bonds is 8. The molecule has 1 N–H and O–H groups in total. The molecule has 3 unspecified atom stereocenters. The Kier molecular flexibility index (Phi) is 7.20. The zero-order valence-corrected chi connectivity index (χ0v) is 14.6. The Morgan fingerprint density at radius 2 is 2.11 bits per heavy atom. The molecule has 0 saturated heterocycles. The van der Waals surface area contributed by atoms with Gasteiger partial charge < -0.3 is 10.2 Å². The Balaban J connectivity index is 2.55. The first-order valence-electron chi connectivity index (χ1n) is 7.85. The molecule has 2 nitrogen and oxygen atoms in total. The predicted octanol–water partition coefficient (Wildman–Crippen LogP) is 3.47. The molecule has 3 heteroatoms. The molecule has 0 radical (unpaired) electrons. The average Bonchev–Trinajstić information content (AvgIpc) is 2.62. The van der Waals surface area contributed by atoms with Crippen LogP contribution in [0.4, 0.5) is 0 Å². The molecule has 3 atom stereocenters. The van der Waals surface area contributed by atoms with Crippen LogP contribution in [-0.2, 0) is 0 Å². The van der Waals surface area contributed by atoms with Crippen LogP contribution in [0.5, 0.6) is 0 Å². The molecular weight excluding hydrogens is 252 g/mol. The van der Waals surface area contributed by atoms with Gasteiger partial charge in [0.2, 0.25) is 0 Å². The van der Waals surface area contributed by atoms with Crippen molar-refractivity contribution < 1.29 is 0 Å². The summed E-state index contributed by atoms with van der Waals surface area (Å²) in [6, 6.07) is 1.38. The summed E-state index contributed by atoms with van der Waals surface area (Å²) in [5, 5.41) is 3.82. The van der Waals surface area contributed by atoms with Crippen molar-refractivity contribution >= 4 is 11.8 Å². The lowest BCUT2D eigenvalue weighted by Crippen LogP contribution is -2.46. The van der Waals surface area contributed by atoms with Crippen LogP contribution in [-0.4, -0.2) is 49.1 Å². The first-order chi connectivity index (χ1) is 8.92. The first-order valence-corrected chi connectivity index (χ1v) is 9.24. The highest BCUT2D eigenvalue weighted by molar-refractivity contribution is 7.98. The van der Waals surface area contributed by atoms with Gasteiger partial charge in [0, 0.05) is 24.4 Å². The van der Waals surface area contributed by atoms with Crippen molar-refractivity contribution in [2.24, 2.45) is 11.3 Å². The molecule has 1 rings (SSSR count). The molecule has 0 bridgehead atoms. The van der Waals surface area contributed by atoms with E-state index in [9.17, 15) is 0 Å². The Hall–Kier alpha value is 0.270. The average molecular weight is 287 g/mol. The van der Waals surface area contributed by atoms with Crippen LogP contribution in [0.2, 0.25) is 0 Å². The number of nitrogens with zero attached hydrogens (tertiary/aromatic N) is 1. The molecule has 1 aliphatic rings. The van der Waals surface area contributed by atoms with Gasteiger partial charge in [0.15, 0.2) is 0 Å². The van der Waals surface area contributed by atoms with E-state index in [4.69, 9.17) is 0 Å². The Labute approximate surface area is 125 Å². The number of thioether (sulfide) groups is 1. The summed E-state index contributed by atoms with van der Waals surface area (Å²) in [7, 11) is 2.29. The second kappa shape index (κ2) is 7.90. The van der Waals surface area contributed by atoms with Crippen molar-refractivity contribution in [1.82, 2.24) is 10.2 Å². The van der Waals surface area contributed by atoms with Gasteiger partial charge in [-0.1, -0.05) is 20.8 Å². The van der Waals surface area contributed by atoms with Crippen molar-refractivity contribution in [1.29, 1.82) is 0 Å². The van der Waals surface area contributed by atoms with Crippen molar-refractivity contribution in [3.63, 3.8) is 0 Å². The predicted molar refractivity (Wildman–Crippen MR) is 89.1 cm³/mol. The van der Waals surface area contributed by atoms with Gasteiger partial charge in [-0.15, -0.1) is 0 Å². The molecule has 1 aliphatic carbocycles. The van der Waals surface area contributed by atoms with E-state index < -0.39 is 0 Å². The van der Waals surface area contributed by atoms with E-state index in [1.165, 1.54) is 31.6 Å². The van der Waals surface area contributed by atoms with Crippen LogP contribution >= 0.6 is 11.8 Å². The first kappa shape index (κ1) is 17.3. The van der Waals surface area contributed by atoms with Crippen molar-refractivity contribution in [2.45, 2.75) is 59.0 Å². The standard InChI is InChI=1S/C16H34N2S/c1-7-10-17-15-14(8-9-16(15,3)4)11-18(5)13(2)12-19-6/h13-15,17H,7-12H2,1-6H3. The lowest BCUT2D eigenvalue weighted by atomic mass is 9.84. The van der Waals surface area contributed by atoms with E-state index in [2.05, 4.69) is 51.2 Å². The van der Waals surface area contributed by atoms with E-state index in [0.717, 1.165) is 12.5 Å². The lowest BCUT2D eigenvalue weighted by Gasteiger charge is -2.35. The topological polar surface area (TPSA) is 15.3 Å². The molecule has 0 aromatic heterocycles. The van der Waals surface area contributed by atoms with E-state index in [1.54, 1.807) is 0 Å². The summed E-state index contributed by atoms with van der Waals surface area (Å²) in [5.41, 5.74) is 0.462. The third-order valence-corrected chi connectivity index (χ3v) is 5.59. The molecule has 0 aliphatic heterocycles. The maximum Gasteiger partial charge on any atom is 0.0159 e. The van der Waals surface area contributed by atoms with Gasteiger partial charge in [-0.3, -0.25) is 0 Å². The van der Waals surface area contributed by atoms with Gasteiger partial charge in [-0.25, -0.2) is 0 Å². The highest BCUT2D eigenvalue weighted by atomic mass is 32.2. The molecule has 0 aromatic rings. The van der Waals surface area contributed by atoms with Gasteiger partial charge in [0.25, 0.3) is 0 Å². The zero-order chi connectivity index (χ0) is 14.5. The van der Waals surface area contributed by atoms with Gasteiger partial charge >= 0.3 is 0 Å². The van der Waals surface area contributed by atoms with Gasteiger partial charge in [-0.05, 0) is 57.4 Å². The minimum absolute atomic E-state index is 0.462. The van der Waals surface area contributed by atoms with Crippen molar-refractivity contribution in [3.8, 4) is 0 Å². The smallest absolute Gasteiger partial charge is 0.0159 e. The summed E-state index contributed by atoms with van der Waals surface area (Å²) in [6.45, 7) is 11.9. The normalized spacial score (nSPS) is 27.9. The molecule has 0 amide bonds. The van der Waals surface area contributed by atoms with Crippen molar-refractivity contribution in [2.75, 3.05) is 32.1 Å². The van der Waals surface area contributed by atoms with E-state index in [1.807, 2.05) is 11.8 Å². The van der Waals surface area contributed by atoms with Crippen LogP contribution in [0.3, 0.4) is 0 Å². The molecule has 0 heterocycles. The fourth-order valence-electron chi connectivity index (χ4n) is 3.38. The number of hydrogen-bond acceptors (Lipinski definition) is 3. The summed E-state index contributed by atoms with van der Waals surface area (Å²) in [6.07, 6.45) is 6.18. The molecule has 19 heavy (non-hydrogen) atoms. The van der Waals surface area contributed by atoms with Crippen LogP contribution in [0, 0.1) is 11.3 Å². The van der Waals surface area contributed by atoms with E-state index in [-0.39, 0.29) is 0 Å². The van der Waals surface area contributed by atoms with Crippen LogP contribution in [0.1, 0.15) is 47.0 Å². The number of hydrogen-bond donors (Lipinski definition) is 1. The Morgan fingerprint density at radius 3 is 2.68 bits per heavy atom. The Bertz CT molecular complexity index is 255. The van der Waals surface area contributed by atoms with E-state index in [0.29, 0.717) is 17.5 Å². The third-order valence-electron chi connectivity index (χ3n) is 4.77. The van der Waals surface area contributed by atoms with Gasteiger partial charge in [-0.2, -0.15) is 11.8 Å².